The van der Waals surface area contributed by atoms with Gasteiger partial charge in [0.1, 0.15) is 17.3 Å². The Morgan fingerprint density at radius 1 is 1.24 bits per heavy atom. The van der Waals surface area contributed by atoms with Gasteiger partial charge in [0.2, 0.25) is 5.91 Å². The molecule has 0 aliphatic heterocycles. The summed E-state index contributed by atoms with van der Waals surface area (Å²) >= 11 is 0. The molecule has 0 saturated carbocycles. The van der Waals surface area contributed by atoms with Crippen molar-refractivity contribution in [3.63, 3.8) is 0 Å². The van der Waals surface area contributed by atoms with Gasteiger partial charge in [0.05, 0.1) is 35.6 Å². The molecule has 0 fully saturated rings. The fraction of sp³-hybridized carbons (Fsp3) is 0.348. The lowest BCUT2D eigenvalue weighted by Gasteiger charge is -2.18. The van der Waals surface area contributed by atoms with Crippen molar-refractivity contribution in [1.29, 1.82) is 0 Å². The van der Waals surface area contributed by atoms with Crippen molar-refractivity contribution in [1.82, 2.24) is 15.5 Å². The summed E-state index contributed by atoms with van der Waals surface area (Å²) in [5, 5.41) is 15.9. The molecule has 0 spiro atoms. The molecule has 2 aromatic heterocycles. The van der Waals surface area contributed by atoms with Crippen molar-refractivity contribution in [3.05, 3.63) is 65.1 Å². The van der Waals surface area contributed by atoms with Gasteiger partial charge < -0.3 is 19.7 Å². The topological polar surface area (TPSA) is 97.5 Å². The van der Waals surface area contributed by atoms with Crippen LogP contribution in [0.3, 0.4) is 0 Å². The molecule has 0 saturated heterocycles. The van der Waals surface area contributed by atoms with Gasteiger partial charge in [0, 0.05) is 12.2 Å². The molecule has 1 atom stereocenters. The molecule has 0 radical (unpaired) electrons. The van der Waals surface area contributed by atoms with Crippen molar-refractivity contribution in [3.8, 4) is 16.9 Å². The molecule has 1 aromatic carbocycles. The third-order valence-corrected chi connectivity index (χ3v) is 4.97. The van der Waals surface area contributed by atoms with Crippen LogP contribution in [-0.4, -0.2) is 40.5 Å². The van der Waals surface area contributed by atoms with Gasteiger partial charge in [-0.1, -0.05) is 17.3 Å². The van der Waals surface area contributed by atoms with Crippen molar-refractivity contribution >= 4 is 5.91 Å². The summed E-state index contributed by atoms with van der Waals surface area (Å²) in [6, 6.07) is 6.44. The Morgan fingerprint density at radius 3 is 2.56 bits per heavy atom. The lowest BCUT2D eigenvalue weighted by atomic mass is 10.0. The minimum atomic E-state index is -4.48. The average molecular weight is 481 g/mol. The largest absolute Gasteiger partial charge is 0.483 e. The highest BCUT2D eigenvalue weighted by molar-refractivity contribution is 5.79. The Hall–Kier alpha value is -3.47. The van der Waals surface area contributed by atoms with E-state index < -0.39 is 30.5 Å². The third kappa shape index (κ3) is 6.53. The first-order valence-corrected chi connectivity index (χ1v) is 10.3. The number of benzene rings is 1. The number of rotatable bonds is 9. The highest BCUT2D eigenvalue weighted by Crippen LogP contribution is 2.30. The Balaban J connectivity index is 1.66. The highest BCUT2D eigenvalue weighted by Gasteiger charge is 2.28. The Morgan fingerprint density at radius 2 is 2.00 bits per heavy atom. The SMILES string of the molecule is Cc1noc(C)c1-c1ccc(CC(=O)N[C@H](CCO)c2ccc(OCC(F)(F)F)cn2)cc1F. The summed E-state index contributed by atoms with van der Waals surface area (Å²) < 4.78 is 61.2. The number of ether oxygens (including phenoxy) is 1. The second-order valence-corrected chi connectivity index (χ2v) is 7.65. The zero-order valence-electron chi connectivity index (χ0n) is 18.4. The van der Waals surface area contributed by atoms with Gasteiger partial charge in [-0.25, -0.2) is 4.39 Å². The number of hydrogen-bond acceptors (Lipinski definition) is 6. The number of carbonyl (C=O) groups excluding carboxylic acids is 1. The molecule has 182 valence electrons. The van der Waals surface area contributed by atoms with Crippen molar-refractivity contribution in [2.75, 3.05) is 13.2 Å². The van der Waals surface area contributed by atoms with E-state index in [1.165, 1.54) is 18.2 Å². The molecule has 0 unspecified atom stereocenters. The number of nitrogens with zero attached hydrogens (tertiary/aromatic N) is 2. The standard InChI is InChI=1S/C23H23F4N3O4/c1-13-22(14(2)34-30-13)17-5-3-15(9-18(17)24)10-21(32)29-20(7-8-31)19-6-4-16(11-28-19)33-12-23(25,26)27/h3-6,9,11,20,31H,7-8,10,12H2,1-2H3,(H,29,32)/t20-/m1/s1. The first-order valence-electron chi connectivity index (χ1n) is 10.3. The van der Waals surface area contributed by atoms with Crippen LogP contribution in [0.5, 0.6) is 5.75 Å². The first kappa shape index (κ1) is 25.2. The van der Waals surface area contributed by atoms with Crippen LogP contribution in [0.25, 0.3) is 11.1 Å². The molecule has 3 rings (SSSR count). The van der Waals surface area contributed by atoms with Crippen LogP contribution in [0, 0.1) is 19.7 Å². The number of halogens is 4. The number of amides is 1. The van der Waals surface area contributed by atoms with Gasteiger partial charge in [-0.05, 0) is 44.0 Å². The van der Waals surface area contributed by atoms with E-state index in [1.807, 2.05) is 0 Å². The van der Waals surface area contributed by atoms with Crippen LogP contribution < -0.4 is 10.1 Å². The molecule has 34 heavy (non-hydrogen) atoms. The van der Waals surface area contributed by atoms with E-state index in [1.54, 1.807) is 26.0 Å². The van der Waals surface area contributed by atoms with Crippen LogP contribution in [0.1, 0.15) is 35.2 Å². The fourth-order valence-electron chi connectivity index (χ4n) is 3.44. The Labute approximate surface area is 192 Å². The van der Waals surface area contributed by atoms with Gasteiger partial charge in [-0.2, -0.15) is 13.2 Å². The minimum Gasteiger partial charge on any atom is -0.483 e. The number of aliphatic hydroxyl groups is 1. The van der Waals surface area contributed by atoms with Gasteiger partial charge >= 0.3 is 6.18 Å². The summed E-state index contributed by atoms with van der Waals surface area (Å²) in [7, 11) is 0. The maximum atomic E-state index is 14.7. The zero-order valence-corrected chi connectivity index (χ0v) is 18.4. The monoisotopic (exact) mass is 481 g/mol. The van der Waals surface area contributed by atoms with E-state index in [0.717, 1.165) is 6.20 Å². The number of carbonyl (C=O) groups is 1. The van der Waals surface area contributed by atoms with Crippen LogP contribution >= 0.6 is 0 Å². The molecule has 2 heterocycles. The third-order valence-electron chi connectivity index (χ3n) is 4.97. The van der Waals surface area contributed by atoms with Crippen LogP contribution in [0.4, 0.5) is 17.6 Å². The number of alkyl halides is 3. The van der Waals surface area contributed by atoms with Crippen molar-refractivity contribution in [2.45, 2.75) is 38.9 Å². The van der Waals surface area contributed by atoms with Gasteiger partial charge in [0.15, 0.2) is 6.61 Å². The number of aryl methyl sites for hydroxylation is 2. The molecular formula is C23H23F4N3O4. The number of aromatic nitrogens is 2. The van der Waals surface area contributed by atoms with Crippen LogP contribution in [0.2, 0.25) is 0 Å². The predicted octanol–water partition coefficient (Wildman–Crippen LogP) is 4.22. The number of pyridine rings is 1. The Bertz CT molecular complexity index is 1110. The van der Waals surface area contributed by atoms with Gasteiger partial charge in [-0.3, -0.25) is 9.78 Å². The molecule has 1 amide bonds. The quantitative estimate of drug-likeness (QED) is 0.445. The minimum absolute atomic E-state index is 0.0796. The summed E-state index contributed by atoms with van der Waals surface area (Å²) in [5.41, 5.74) is 2.19. The van der Waals surface area contributed by atoms with E-state index in [2.05, 4.69) is 20.2 Å². The summed E-state index contributed by atoms with van der Waals surface area (Å²) in [6.07, 6.45) is -3.37. The number of aliphatic hydroxyl groups excluding tert-OH is 1. The first-order chi connectivity index (χ1) is 16.1. The summed E-state index contributed by atoms with van der Waals surface area (Å²) in [6.45, 7) is 1.67. The molecule has 2 N–H and O–H groups in total. The van der Waals surface area contributed by atoms with E-state index in [0.29, 0.717) is 33.8 Å². The predicted molar refractivity (Wildman–Crippen MR) is 113 cm³/mol. The van der Waals surface area contributed by atoms with E-state index in [4.69, 9.17) is 4.52 Å². The molecular weight excluding hydrogens is 458 g/mol. The van der Waals surface area contributed by atoms with E-state index in [-0.39, 0.29) is 25.2 Å². The summed E-state index contributed by atoms with van der Waals surface area (Å²) in [4.78, 5) is 16.6. The highest BCUT2D eigenvalue weighted by atomic mass is 19.4. The maximum absolute atomic E-state index is 14.7. The van der Waals surface area contributed by atoms with E-state index in [9.17, 15) is 27.5 Å². The summed E-state index contributed by atoms with van der Waals surface area (Å²) in [5.74, 6) is -0.565. The number of hydrogen-bond donors (Lipinski definition) is 2. The molecule has 7 nitrogen and oxygen atoms in total. The maximum Gasteiger partial charge on any atom is 0.422 e. The second kappa shape index (κ2) is 10.6. The molecule has 11 heteroatoms. The lowest BCUT2D eigenvalue weighted by molar-refractivity contribution is -0.153. The second-order valence-electron chi connectivity index (χ2n) is 7.65. The van der Waals surface area contributed by atoms with Gasteiger partial charge in [-0.15, -0.1) is 0 Å². The van der Waals surface area contributed by atoms with E-state index >= 15 is 0 Å². The fourth-order valence-corrected chi connectivity index (χ4v) is 3.44. The van der Waals surface area contributed by atoms with Crippen LogP contribution in [-0.2, 0) is 11.2 Å². The zero-order chi connectivity index (χ0) is 24.9. The lowest BCUT2D eigenvalue weighted by Crippen LogP contribution is -2.31. The normalized spacial score (nSPS) is 12.4. The molecule has 0 aliphatic carbocycles. The van der Waals surface area contributed by atoms with Crippen molar-refractivity contribution in [2.24, 2.45) is 0 Å². The molecule has 0 aliphatic rings. The molecule has 3 aromatic rings. The number of nitrogens with one attached hydrogen (secondary N) is 1. The van der Waals surface area contributed by atoms with Gasteiger partial charge in [0.25, 0.3) is 0 Å². The smallest absolute Gasteiger partial charge is 0.422 e. The molecule has 0 bridgehead atoms. The average Bonchev–Trinajstić information content (AvgIpc) is 3.10. The van der Waals surface area contributed by atoms with Crippen molar-refractivity contribution < 1.29 is 36.7 Å². The van der Waals surface area contributed by atoms with Crippen LogP contribution in [0.15, 0.2) is 41.1 Å². The Kier molecular flexibility index (Phi) is 7.87.